The van der Waals surface area contributed by atoms with Gasteiger partial charge < -0.3 is 4.74 Å². The van der Waals surface area contributed by atoms with Crippen LogP contribution in [0.25, 0.3) is 0 Å². The van der Waals surface area contributed by atoms with Gasteiger partial charge in [0.25, 0.3) is 0 Å². The first kappa shape index (κ1) is 21.5. The summed E-state index contributed by atoms with van der Waals surface area (Å²) in [5.41, 5.74) is 6.13. The third kappa shape index (κ3) is 5.29. The van der Waals surface area contributed by atoms with Gasteiger partial charge in [0.2, 0.25) is 0 Å². The van der Waals surface area contributed by atoms with E-state index in [0.29, 0.717) is 5.92 Å². The topological polar surface area (TPSA) is 9.23 Å². The van der Waals surface area contributed by atoms with Crippen molar-refractivity contribution in [1.29, 1.82) is 0 Å². The number of ether oxygens (including phenoxy) is 1. The van der Waals surface area contributed by atoms with Gasteiger partial charge in [0, 0.05) is 0 Å². The van der Waals surface area contributed by atoms with Crippen LogP contribution in [-0.4, -0.2) is 6.61 Å². The van der Waals surface area contributed by atoms with Gasteiger partial charge >= 0.3 is 0 Å². The van der Waals surface area contributed by atoms with Gasteiger partial charge in [-0.3, -0.25) is 0 Å². The van der Waals surface area contributed by atoms with Crippen LogP contribution in [0.2, 0.25) is 0 Å². The zero-order valence-electron chi connectivity index (χ0n) is 19.2. The zero-order chi connectivity index (χ0) is 20.8. The van der Waals surface area contributed by atoms with E-state index >= 15 is 0 Å². The molecular weight excluding hydrogens is 364 g/mol. The molecule has 1 saturated carbocycles. The minimum atomic E-state index is 0.666. The number of benzene rings is 2. The van der Waals surface area contributed by atoms with Crippen LogP contribution in [0, 0.1) is 5.92 Å². The van der Waals surface area contributed by atoms with E-state index in [1.807, 2.05) is 0 Å². The lowest BCUT2D eigenvalue weighted by atomic mass is 9.76. The molecule has 0 N–H and O–H groups in total. The summed E-state index contributed by atoms with van der Waals surface area (Å²) in [6.07, 6.45) is 14.6. The number of hydrogen-bond donors (Lipinski definition) is 0. The first-order valence-electron chi connectivity index (χ1n) is 12.6. The van der Waals surface area contributed by atoms with Crippen molar-refractivity contribution in [3.05, 3.63) is 64.7 Å². The lowest BCUT2D eigenvalue weighted by Crippen LogP contribution is -2.14. The summed E-state index contributed by atoms with van der Waals surface area (Å²) < 4.78 is 5.83. The Hall–Kier alpha value is -1.76. The third-order valence-corrected chi connectivity index (χ3v) is 7.57. The first-order valence-corrected chi connectivity index (χ1v) is 12.6. The summed E-state index contributed by atoms with van der Waals surface area (Å²) in [7, 11) is 0. The predicted octanol–water partition coefficient (Wildman–Crippen LogP) is 8.21. The van der Waals surface area contributed by atoms with Crippen molar-refractivity contribution in [2.45, 2.75) is 96.3 Å². The van der Waals surface area contributed by atoms with Crippen molar-refractivity contribution in [2.24, 2.45) is 5.92 Å². The van der Waals surface area contributed by atoms with Crippen molar-refractivity contribution in [3.63, 3.8) is 0 Å². The molecule has 1 unspecified atom stereocenters. The van der Waals surface area contributed by atoms with Crippen molar-refractivity contribution in [3.8, 4) is 5.75 Å². The molecule has 4 rings (SSSR count). The van der Waals surface area contributed by atoms with Crippen molar-refractivity contribution < 1.29 is 4.74 Å². The van der Waals surface area contributed by atoms with E-state index in [1.54, 1.807) is 5.56 Å². The van der Waals surface area contributed by atoms with Crippen LogP contribution in [-0.2, 0) is 12.8 Å². The second-order valence-corrected chi connectivity index (χ2v) is 9.75. The van der Waals surface area contributed by atoms with Gasteiger partial charge in [-0.15, -0.1) is 0 Å². The molecule has 0 aliphatic heterocycles. The molecule has 0 aromatic heterocycles. The van der Waals surface area contributed by atoms with E-state index in [2.05, 4.69) is 56.3 Å². The van der Waals surface area contributed by atoms with Crippen LogP contribution in [0.4, 0.5) is 0 Å². The molecule has 2 aliphatic carbocycles. The molecule has 162 valence electrons. The molecule has 0 amide bonds. The van der Waals surface area contributed by atoms with Crippen molar-refractivity contribution in [1.82, 2.24) is 0 Å². The van der Waals surface area contributed by atoms with Gasteiger partial charge in [-0.05, 0) is 104 Å². The second-order valence-electron chi connectivity index (χ2n) is 9.75. The highest BCUT2D eigenvalue weighted by Gasteiger charge is 2.23. The van der Waals surface area contributed by atoms with Gasteiger partial charge in [-0.2, -0.15) is 0 Å². The standard InChI is InChI=1S/C29H40O/c1-3-5-6-22-7-9-23(10-8-22)24-11-13-25(14-12-24)26-15-16-28-21-29(30-19-4-2)18-17-27(28)20-26/h11-14,17-18,21-23,26H,3-10,15-16,19-20H2,1-2H3. The molecule has 1 nitrogen and oxygen atoms in total. The summed E-state index contributed by atoms with van der Waals surface area (Å²) in [6.45, 7) is 5.29. The summed E-state index contributed by atoms with van der Waals surface area (Å²) in [6, 6.07) is 16.5. The molecule has 0 bridgehead atoms. The molecular formula is C29H40O. The van der Waals surface area contributed by atoms with Gasteiger partial charge in [0.05, 0.1) is 6.61 Å². The highest BCUT2D eigenvalue weighted by molar-refractivity contribution is 5.40. The molecule has 30 heavy (non-hydrogen) atoms. The van der Waals surface area contributed by atoms with E-state index in [1.165, 1.54) is 80.9 Å². The maximum Gasteiger partial charge on any atom is 0.119 e. The number of aryl methyl sites for hydroxylation is 1. The number of unbranched alkanes of at least 4 members (excludes halogenated alkanes) is 1. The summed E-state index contributed by atoms with van der Waals surface area (Å²) in [5, 5.41) is 0. The summed E-state index contributed by atoms with van der Waals surface area (Å²) in [4.78, 5) is 0. The lowest BCUT2D eigenvalue weighted by molar-refractivity contribution is 0.304. The molecule has 1 atom stereocenters. The fraction of sp³-hybridized carbons (Fsp3) is 0.586. The average Bonchev–Trinajstić information content (AvgIpc) is 2.81. The average molecular weight is 405 g/mol. The van der Waals surface area contributed by atoms with Crippen LogP contribution < -0.4 is 4.74 Å². The Morgan fingerprint density at radius 1 is 0.767 bits per heavy atom. The van der Waals surface area contributed by atoms with Crippen LogP contribution >= 0.6 is 0 Å². The maximum absolute atomic E-state index is 5.83. The normalized spacial score (nSPS) is 23.7. The Bertz CT molecular complexity index is 783. The van der Waals surface area contributed by atoms with Crippen LogP contribution in [0.15, 0.2) is 42.5 Å². The monoisotopic (exact) mass is 404 g/mol. The van der Waals surface area contributed by atoms with E-state index in [-0.39, 0.29) is 0 Å². The van der Waals surface area contributed by atoms with E-state index in [4.69, 9.17) is 4.74 Å². The molecule has 2 aromatic rings. The molecule has 0 spiro atoms. The Morgan fingerprint density at radius 2 is 1.50 bits per heavy atom. The Labute approximate surface area is 184 Å². The van der Waals surface area contributed by atoms with E-state index in [0.717, 1.165) is 30.6 Å². The summed E-state index contributed by atoms with van der Waals surface area (Å²) in [5.74, 6) is 3.50. The number of hydrogen-bond acceptors (Lipinski definition) is 1. The maximum atomic E-state index is 5.83. The highest BCUT2D eigenvalue weighted by atomic mass is 16.5. The fourth-order valence-electron chi connectivity index (χ4n) is 5.64. The Morgan fingerprint density at radius 3 is 2.20 bits per heavy atom. The molecule has 0 radical (unpaired) electrons. The smallest absolute Gasteiger partial charge is 0.119 e. The quantitative estimate of drug-likeness (QED) is 0.430. The van der Waals surface area contributed by atoms with Gasteiger partial charge in [-0.25, -0.2) is 0 Å². The second kappa shape index (κ2) is 10.5. The van der Waals surface area contributed by atoms with Crippen LogP contribution in [0.1, 0.15) is 106 Å². The van der Waals surface area contributed by atoms with Crippen molar-refractivity contribution in [2.75, 3.05) is 6.61 Å². The lowest BCUT2D eigenvalue weighted by Gasteiger charge is -2.29. The molecule has 1 fully saturated rings. The molecule has 2 aliphatic rings. The van der Waals surface area contributed by atoms with E-state index < -0.39 is 0 Å². The molecule has 0 heterocycles. The third-order valence-electron chi connectivity index (χ3n) is 7.57. The van der Waals surface area contributed by atoms with Crippen LogP contribution in [0.5, 0.6) is 5.75 Å². The van der Waals surface area contributed by atoms with Gasteiger partial charge in [0.1, 0.15) is 5.75 Å². The molecule has 1 heteroatoms. The van der Waals surface area contributed by atoms with Crippen LogP contribution in [0.3, 0.4) is 0 Å². The summed E-state index contributed by atoms with van der Waals surface area (Å²) >= 11 is 0. The predicted molar refractivity (Wildman–Crippen MR) is 128 cm³/mol. The minimum absolute atomic E-state index is 0.666. The molecule has 0 saturated heterocycles. The highest BCUT2D eigenvalue weighted by Crippen LogP contribution is 2.39. The van der Waals surface area contributed by atoms with Crippen molar-refractivity contribution >= 4 is 0 Å². The van der Waals surface area contributed by atoms with E-state index in [9.17, 15) is 0 Å². The SMILES string of the molecule is CCCCC1CCC(c2ccc(C3CCc4cc(OCCC)ccc4C3)cc2)CC1. The molecule has 2 aromatic carbocycles. The van der Waals surface area contributed by atoms with Gasteiger partial charge in [-0.1, -0.05) is 63.4 Å². The largest absolute Gasteiger partial charge is 0.494 e. The van der Waals surface area contributed by atoms with Gasteiger partial charge in [0.15, 0.2) is 0 Å². The number of fused-ring (bicyclic) bond motifs is 1. The first-order chi connectivity index (χ1) is 14.8. The minimum Gasteiger partial charge on any atom is -0.494 e. The Kier molecular flexibility index (Phi) is 7.52. The zero-order valence-corrected chi connectivity index (χ0v) is 19.2. The Balaban J connectivity index is 1.34. The fourth-order valence-corrected chi connectivity index (χ4v) is 5.64. The number of rotatable bonds is 8.